The van der Waals surface area contributed by atoms with Crippen LogP contribution in [0.1, 0.15) is 17.0 Å². The number of hydrogen-bond acceptors (Lipinski definition) is 2. The van der Waals surface area contributed by atoms with Crippen LogP contribution in [0.4, 0.5) is 0 Å². The molecule has 0 amide bonds. The normalized spacial score (nSPS) is 25.1. The molecule has 1 saturated carbocycles. The summed E-state index contributed by atoms with van der Waals surface area (Å²) in [5, 5.41) is 18.1. The topological polar surface area (TPSA) is 61.1 Å². The second-order valence-corrected chi connectivity index (χ2v) is 5.73. The maximum absolute atomic E-state index is 10.9. The summed E-state index contributed by atoms with van der Waals surface area (Å²) in [6, 6.07) is 6.57. The first-order valence-electron chi connectivity index (χ1n) is 4.69. The Bertz CT molecular complexity index is 536. The molecule has 0 bridgehead atoms. The van der Waals surface area contributed by atoms with E-state index in [1.807, 2.05) is 6.07 Å². The Hall–Kier alpha value is -0.950. The fourth-order valence-corrected chi connectivity index (χ4v) is 2.97. The molecule has 2 atom stereocenters. The molecule has 1 aliphatic carbocycles. The number of nitriles is 1. The lowest BCUT2D eigenvalue weighted by molar-refractivity contribution is -0.138. The van der Waals surface area contributed by atoms with Crippen LogP contribution in [0.15, 0.2) is 18.2 Å². The third-order valence-electron chi connectivity index (χ3n) is 2.73. The van der Waals surface area contributed by atoms with Gasteiger partial charge < -0.3 is 5.11 Å². The van der Waals surface area contributed by atoms with Crippen molar-refractivity contribution in [2.75, 3.05) is 0 Å². The number of alkyl halides is 2. The number of carboxylic acids is 1. The van der Waals surface area contributed by atoms with Gasteiger partial charge in [0.25, 0.3) is 0 Å². The standard InChI is InChI=1S/C11H6Cl3NO2/c12-7-2-5(4-15)1-6(3-7)8-9(10(16)17)11(8,13)14/h1-3,8-9H,(H,16,17). The summed E-state index contributed by atoms with van der Waals surface area (Å²) < 4.78 is -1.33. The number of halogens is 3. The van der Waals surface area contributed by atoms with Gasteiger partial charge in [0.05, 0.1) is 17.6 Å². The lowest BCUT2D eigenvalue weighted by atomic mass is 10.1. The van der Waals surface area contributed by atoms with Crippen molar-refractivity contribution in [1.82, 2.24) is 0 Å². The van der Waals surface area contributed by atoms with Crippen molar-refractivity contribution in [3.05, 3.63) is 34.3 Å². The third kappa shape index (κ3) is 2.09. The van der Waals surface area contributed by atoms with E-state index in [-0.39, 0.29) is 0 Å². The Morgan fingerprint density at radius 2 is 2.06 bits per heavy atom. The van der Waals surface area contributed by atoms with Crippen molar-refractivity contribution in [1.29, 1.82) is 5.26 Å². The molecular weight excluding hydrogens is 284 g/mol. The van der Waals surface area contributed by atoms with E-state index in [1.165, 1.54) is 6.07 Å². The zero-order valence-electron chi connectivity index (χ0n) is 8.32. The van der Waals surface area contributed by atoms with Gasteiger partial charge in [-0.05, 0) is 23.8 Å². The van der Waals surface area contributed by atoms with Crippen LogP contribution >= 0.6 is 34.8 Å². The zero-order valence-corrected chi connectivity index (χ0v) is 10.6. The summed E-state index contributed by atoms with van der Waals surface area (Å²) in [6.45, 7) is 0. The SMILES string of the molecule is N#Cc1cc(Cl)cc(C2C(C(=O)O)C2(Cl)Cl)c1. The van der Waals surface area contributed by atoms with Crippen molar-refractivity contribution in [2.24, 2.45) is 5.92 Å². The quantitative estimate of drug-likeness (QED) is 0.851. The molecule has 1 N–H and O–H groups in total. The number of aliphatic carboxylic acids is 1. The number of carboxylic acid groups (broad SMARTS) is 1. The van der Waals surface area contributed by atoms with E-state index in [0.717, 1.165) is 0 Å². The van der Waals surface area contributed by atoms with E-state index in [1.54, 1.807) is 12.1 Å². The first kappa shape index (κ1) is 12.5. The Morgan fingerprint density at radius 1 is 1.41 bits per heavy atom. The molecule has 0 saturated heterocycles. The van der Waals surface area contributed by atoms with E-state index in [0.29, 0.717) is 16.1 Å². The highest BCUT2D eigenvalue weighted by molar-refractivity contribution is 6.53. The van der Waals surface area contributed by atoms with Gasteiger partial charge in [0, 0.05) is 10.9 Å². The molecule has 1 fully saturated rings. The summed E-state index contributed by atoms with van der Waals surface area (Å²) in [5.41, 5.74) is 0.930. The molecule has 0 spiro atoms. The lowest BCUT2D eigenvalue weighted by Gasteiger charge is -2.02. The fraction of sp³-hybridized carbons (Fsp3) is 0.273. The van der Waals surface area contributed by atoms with Crippen LogP contribution in [0, 0.1) is 17.2 Å². The minimum absolute atomic E-state index is 0.354. The molecule has 2 unspecified atom stereocenters. The van der Waals surface area contributed by atoms with Crippen LogP contribution in [0.25, 0.3) is 0 Å². The van der Waals surface area contributed by atoms with Gasteiger partial charge in [-0.3, -0.25) is 4.79 Å². The Kier molecular flexibility index (Phi) is 2.99. The van der Waals surface area contributed by atoms with Crippen molar-refractivity contribution >= 4 is 40.8 Å². The Morgan fingerprint density at radius 3 is 2.53 bits per heavy atom. The largest absolute Gasteiger partial charge is 0.481 e. The molecule has 17 heavy (non-hydrogen) atoms. The smallest absolute Gasteiger partial charge is 0.310 e. The summed E-state index contributed by atoms with van der Waals surface area (Å²) >= 11 is 17.7. The molecule has 0 aliphatic heterocycles. The highest BCUT2D eigenvalue weighted by atomic mass is 35.5. The minimum Gasteiger partial charge on any atom is -0.481 e. The number of carbonyl (C=O) groups is 1. The predicted molar refractivity (Wildman–Crippen MR) is 64.5 cm³/mol. The van der Waals surface area contributed by atoms with Crippen LogP contribution in [-0.4, -0.2) is 15.4 Å². The molecule has 1 aromatic rings. The van der Waals surface area contributed by atoms with Gasteiger partial charge in [0.2, 0.25) is 0 Å². The summed E-state index contributed by atoms with van der Waals surface area (Å²) in [4.78, 5) is 10.9. The van der Waals surface area contributed by atoms with Gasteiger partial charge in [-0.2, -0.15) is 5.26 Å². The number of benzene rings is 1. The molecular formula is C11H6Cl3NO2. The Labute approximate surface area is 113 Å². The van der Waals surface area contributed by atoms with Gasteiger partial charge in [-0.25, -0.2) is 0 Å². The second-order valence-electron chi connectivity index (χ2n) is 3.85. The predicted octanol–water partition coefficient (Wildman–Crippen LogP) is 3.18. The van der Waals surface area contributed by atoms with Gasteiger partial charge in [0.15, 0.2) is 0 Å². The maximum Gasteiger partial charge on any atom is 0.310 e. The zero-order chi connectivity index (χ0) is 12.8. The van der Waals surface area contributed by atoms with E-state index >= 15 is 0 Å². The summed E-state index contributed by atoms with van der Waals surface area (Å²) in [6.07, 6.45) is 0. The van der Waals surface area contributed by atoms with Crippen LogP contribution < -0.4 is 0 Å². The molecule has 0 radical (unpaired) electrons. The van der Waals surface area contributed by atoms with Crippen molar-refractivity contribution in [3.63, 3.8) is 0 Å². The van der Waals surface area contributed by atoms with E-state index in [9.17, 15) is 4.79 Å². The maximum atomic E-state index is 10.9. The van der Waals surface area contributed by atoms with E-state index in [4.69, 9.17) is 45.2 Å². The molecule has 6 heteroatoms. The first-order chi connectivity index (χ1) is 7.87. The highest BCUT2D eigenvalue weighted by Crippen LogP contribution is 2.65. The number of nitrogens with zero attached hydrogens (tertiary/aromatic N) is 1. The molecule has 0 heterocycles. The first-order valence-corrected chi connectivity index (χ1v) is 5.82. The lowest BCUT2D eigenvalue weighted by Crippen LogP contribution is -2.03. The van der Waals surface area contributed by atoms with Gasteiger partial charge >= 0.3 is 5.97 Å². The highest BCUT2D eigenvalue weighted by Gasteiger charge is 2.68. The molecule has 2 rings (SSSR count). The van der Waals surface area contributed by atoms with Crippen LogP contribution in [0.5, 0.6) is 0 Å². The fourth-order valence-electron chi connectivity index (χ4n) is 1.91. The van der Waals surface area contributed by atoms with Crippen molar-refractivity contribution in [2.45, 2.75) is 10.3 Å². The van der Waals surface area contributed by atoms with Crippen LogP contribution in [0.3, 0.4) is 0 Å². The number of hydrogen-bond donors (Lipinski definition) is 1. The second kappa shape index (κ2) is 4.06. The Balaban J connectivity index is 2.41. The summed E-state index contributed by atoms with van der Waals surface area (Å²) in [7, 11) is 0. The average molecular weight is 291 g/mol. The van der Waals surface area contributed by atoms with Crippen LogP contribution in [0.2, 0.25) is 5.02 Å². The molecule has 0 aromatic heterocycles. The average Bonchev–Trinajstić information content (AvgIpc) is 2.80. The van der Waals surface area contributed by atoms with E-state index < -0.39 is 22.1 Å². The van der Waals surface area contributed by atoms with E-state index in [2.05, 4.69) is 0 Å². The molecule has 88 valence electrons. The van der Waals surface area contributed by atoms with Gasteiger partial charge in [-0.1, -0.05) is 34.8 Å². The number of rotatable bonds is 2. The molecule has 1 aromatic carbocycles. The van der Waals surface area contributed by atoms with Crippen LogP contribution in [-0.2, 0) is 4.79 Å². The molecule has 3 nitrogen and oxygen atoms in total. The monoisotopic (exact) mass is 289 g/mol. The van der Waals surface area contributed by atoms with Crippen molar-refractivity contribution < 1.29 is 9.90 Å². The minimum atomic E-state index is -1.33. The summed E-state index contributed by atoms with van der Waals surface area (Å²) in [5.74, 6) is -2.46. The van der Waals surface area contributed by atoms with Crippen molar-refractivity contribution in [3.8, 4) is 6.07 Å². The van der Waals surface area contributed by atoms with Gasteiger partial charge in [0.1, 0.15) is 4.33 Å². The molecule has 1 aliphatic rings. The third-order valence-corrected chi connectivity index (χ3v) is 3.89. The van der Waals surface area contributed by atoms with Gasteiger partial charge in [-0.15, -0.1) is 0 Å².